The third-order valence-electron chi connectivity index (χ3n) is 3.68. The topological polar surface area (TPSA) is 103 Å². The zero-order valence-electron chi connectivity index (χ0n) is 15.2. The van der Waals surface area contributed by atoms with Gasteiger partial charge in [0.2, 0.25) is 0 Å². The fourth-order valence-electron chi connectivity index (χ4n) is 2.25. The lowest BCUT2D eigenvalue weighted by Gasteiger charge is -2.11. The van der Waals surface area contributed by atoms with Gasteiger partial charge in [0.05, 0.1) is 21.3 Å². The average Bonchev–Trinajstić information content (AvgIpc) is 2.71. The zero-order chi connectivity index (χ0) is 19.8. The van der Waals surface area contributed by atoms with Crippen LogP contribution in [0.4, 0.5) is 10.5 Å². The van der Waals surface area contributed by atoms with Crippen molar-refractivity contribution < 1.29 is 33.6 Å². The summed E-state index contributed by atoms with van der Waals surface area (Å²) in [5.41, 5.74) is 1.51. The van der Waals surface area contributed by atoms with Crippen molar-refractivity contribution in [2.75, 3.05) is 26.6 Å². The molecule has 0 radical (unpaired) electrons. The second kappa shape index (κ2) is 9.44. The Hall–Kier alpha value is -3.26. The molecule has 0 fully saturated rings. The minimum absolute atomic E-state index is 0.0263. The van der Waals surface area contributed by atoms with Gasteiger partial charge in [-0.3, -0.25) is 5.32 Å². The van der Waals surface area contributed by atoms with E-state index in [4.69, 9.17) is 14.2 Å². The van der Waals surface area contributed by atoms with Gasteiger partial charge in [-0.15, -0.1) is 0 Å². The van der Waals surface area contributed by atoms with Crippen molar-refractivity contribution in [1.29, 1.82) is 0 Å². The molecule has 1 unspecified atom stereocenters. The molecule has 0 saturated carbocycles. The fourth-order valence-corrected chi connectivity index (χ4v) is 2.25. The van der Waals surface area contributed by atoms with Crippen LogP contribution in [0.5, 0.6) is 11.5 Å². The van der Waals surface area contributed by atoms with Crippen LogP contribution in [-0.4, -0.2) is 38.5 Å². The van der Waals surface area contributed by atoms with Crippen LogP contribution in [0.3, 0.4) is 0 Å². The predicted molar refractivity (Wildman–Crippen MR) is 96.8 cm³/mol. The van der Waals surface area contributed by atoms with Crippen molar-refractivity contribution in [3.05, 3.63) is 53.6 Å². The normalized spacial score (nSPS) is 11.3. The lowest BCUT2D eigenvalue weighted by Crippen LogP contribution is -2.15. The molecule has 0 heterocycles. The van der Waals surface area contributed by atoms with Gasteiger partial charge in [0.25, 0.3) is 0 Å². The molecule has 27 heavy (non-hydrogen) atoms. The molecular formula is C19H21NO7. The Bertz CT molecular complexity index is 767. The maximum absolute atomic E-state index is 11.9. The molecule has 2 rings (SSSR count). The summed E-state index contributed by atoms with van der Waals surface area (Å²) in [6.07, 6.45) is -2.03. The number of aliphatic hydroxyl groups excluding tert-OH is 1. The lowest BCUT2D eigenvalue weighted by molar-refractivity contribution is -0.150. The molecule has 2 aromatic rings. The SMILES string of the molecule is COC(=O)C(O)c1ccc(NC(=O)OCc2cc(OC)cc(OC)c2)cc1. The van der Waals surface area contributed by atoms with Crippen LogP contribution in [0.1, 0.15) is 17.2 Å². The summed E-state index contributed by atoms with van der Waals surface area (Å²) in [6, 6.07) is 11.3. The molecule has 144 valence electrons. The van der Waals surface area contributed by atoms with E-state index in [1.807, 2.05) is 0 Å². The Morgan fingerprint density at radius 3 is 2.11 bits per heavy atom. The van der Waals surface area contributed by atoms with Crippen LogP contribution in [0, 0.1) is 0 Å². The van der Waals surface area contributed by atoms with Gasteiger partial charge < -0.3 is 24.1 Å². The number of carbonyl (C=O) groups is 2. The van der Waals surface area contributed by atoms with Crippen LogP contribution in [0.25, 0.3) is 0 Å². The summed E-state index contributed by atoms with van der Waals surface area (Å²) in [5.74, 6) is 0.421. The number of hydrogen-bond donors (Lipinski definition) is 2. The van der Waals surface area contributed by atoms with Gasteiger partial charge in [0.15, 0.2) is 6.10 Å². The van der Waals surface area contributed by atoms with E-state index in [0.29, 0.717) is 28.3 Å². The second-order valence-corrected chi connectivity index (χ2v) is 5.47. The predicted octanol–water partition coefficient (Wildman–Crippen LogP) is 2.66. The van der Waals surface area contributed by atoms with E-state index in [0.717, 1.165) is 0 Å². The quantitative estimate of drug-likeness (QED) is 0.717. The lowest BCUT2D eigenvalue weighted by atomic mass is 10.1. The highest BCUT2D eigenvalue weighted by atomic mass is 16.5. The highest BCUT2D eigenvalue weighted by Gasteiger charge is 2.17. The first-order valence-electron chi connectivity index (χ1n) is 7.98. The van der Waals surface area contributed by atoms with Crippen LogP contribution in [0.15, 0.2) is 42.5 Å². The number of carbonyl (C=O) groups excluding carboxylic acids is 2. The summed E-state index contributed by atoms with van der Waals surface area (Å²) in [6.45, 7) is 0.0263. The Labute approximate surface area is 156 Å². The molecule has 0 spiro atoms. The Morgan fingerprint density at radius 1 is 1.00 bits per heavy atom. The van der Waals surface area contributed by atoms with E-state index in [1.165, 1.54) is 45.6 Å². The van der Waals surface area contributed by atoms with E-state index in [-0.39, 0.29) is 6.61 Å². The number of hydrogen-bond acceptors (Lipinski definition) is 7. The number of rotatable bonds is 7. The monoisotopic (exact) mass is 375 g/mol. The van der Waals surface area contributed by atoms with Crippen LogP contribution < -0.4 is 14.8 Å². The molecule has 2 N–H and O–H groups in total. The number of aliphatic hydroxyl groups is 1. The van der Waals surface area contributed by atoms with Crippen LogP contribution in [-0.2, 0) is 20.9 Å². The largest absolute Gasteiger partial charge is 0.497 e. The number of ether oxygens (including phenoxy) is 4. The highest BCUT2D eigenvalue weighted by molar-refractivity contribution is 5.84. The number of methoxy groups -OCH3 is 3. The van der Waals surface area contributed by atoms with Gasteiger partial charge in [-0.2, -0.15) is 0 Å². The van der Waals surface area contributed by atoms with Crippen molar-refractivity contribution in [3.8, 4) is 11.5 Å². The van der Waals surface area contributed by atoms with Crippen molar-refractivity contribution in [2.45, 2.75) is 12.7 Å². The number of esters is 1. The Morgan fingerprint density at radius 2 is 1.59 bits per heavy atom. The van der Waals surface area contributed by atoms with Crippen molar-refractivity contribution >= 4 is 17.7 Å². The second-order valence-electron chi connectivity index (χ2n) is 5.47. The van der Waals surface area contributed by atoms with Gasteiger partial charge in [0.1, 0.15) is 18.1 Å². The van der Waals surface area contributed by atoms with Gasteiger partial charge in [-0.25, -0.2) is 9.59 Å². The molecule has 0 aliphatic heterocycles. The molecule has 8 nitrogen and oxygen atoms in total. The molecule has 0 aliphatic rings. The molecule has 1 amide bonds. The molecule has 0 aromatic heterocycles. The third-order valence-corrected chi connectivity index (χ3v) is 3.68. The first kappa shape index (κ1) is 20.1. The number of nitrogens with one attached hydrogen (secondary N) is 1. The first-order valence-corrected chi connectivity index (χ1v) is 7.98. The number of amides is 1. The fraction of sp³-hybridized carbons (Fsp3) is 0.263. The van der Waals surface area contributed by atoms with E-state index >= 15 is 0 Å². The van der Waals surface area contributed by atoms with E-state index in [1.54, 1.807) is 18.2 Å². The van der Waals surface area contributed by atoms with E-state index in [2.05, 4.69) is 10.1 Å². The van der Waals surface area contributed by atoms with E-state index in [9.17, 15) is 14.7 Å². The highest BCUT2D eigenvalue weighted by Crippen LogP contribution is 2.23. The summed E-state index contributed by atoms with van der Waals surface area (Å²) >= 11 is 0. The van der Waals surface area contributed by atoms with Gasteiger partial charge in [0, 0.05) is 11.8 Å². The minimum Gasteiger partial charge on any atom is -0.497 e. The van der Waals surface area contributed by atoms with Crippen molar-refractivity contribution in [2.24, 2.45) is 0 Å². The van der Waals surface area contributed by atoms with E-state index < -0.39 is 18.2 Å². The van der Waals surface area contributed by atoms with Gasteiger partial charge >= 0.3 is 12.1 Å². The number of anilines is 1. The number of benzene rings is 2. The standard InChI is InChI=1S/C19H21NO7/c1-24-15-8-12(9-16(10-15)25-2)11-27-19(23)20-14-6-4-13(5-7-14)17(21)18(22)26-3/h4-10,17,21H,11H2,1-3H3,(H,20,23). The van der Waals surface area contributed by atoms with Crippen LogP contribution in [0.2, 0.25) is 0 Å². The van der Waals surface area contributed by atoms with Crippen LogP contribution >= 0.6 is 0 Å². The van der Waals surface area contributed by atoms with Crippen molar-refractivity contribution in [1.82, 2.24) is 0 Å². The first-order chi connectivity index (χ1) is 13.0. The average molecular weight is 375 g/mol. The maximum atomic E-state index is 11.9. The molecule has 8 heteroatoms. The molecule has 0 aliphatic carbocycles. The van der Waals surface area contributed by atoms with Crippen molar-refractivity contribution in [3.63, 3.8) is 0 Å². The zero-order valence-corrected chi connectivity index (χ0v) is 15.2. The third kappa shape index (κ3) is 5.61. The molecule has 2 aromatic carbocycles. The molecule has 0 saturated heterocycles. The Kier molecular flexibility index (Phi) is 7.01. The van der Waals surface area contributed by atoms with Gasteiger partial charge in [-0.05, 0) is 35.4 Å². The minimum atomic E-state index is -1.38. The summed E-state index contributed by atoms with van der Waals surface area (Å²) < 4.78 is 20.0. The molecular weight excluding hydrogens is 354 g/mol. The van der Waals surface area contributed by atoms with Gasteiger partial charge in [-0.1, -0.05) is 12.1 Å². The molecule has 0 bridgehead atoms. The Balaban J connectivity index is 1.93. The maximum Gasteiger partial charge on any atom is 0.411 e. The summed E-state index contributed by atoms with van der Waals surface area (Å²) in [5, 5.41) is 12.3. The smallest absolute Gasteiger partial charge is 0.411 e. The summed E-state index contributed by atoms with van der Waals surface area (Å²) in [4.78, 5) is 23.3. The summed E-state index contributed by atoms with van der Waals surface area (Å²) in [7, 11) is 4.26. The molecule has 1 atom stereocenters.